The molecule has 11 N–H and O–H groups in total. The highest BCUT2D eigenvalue weighted by atomic mass is 32.2. The van der Waals surface area contributed by atoms with Crippen LogP contribution in [0.1, 0.15) is 39.8 Å². The number of aliphatic hydroxyl groups is 3. The van der Waals surface area contributed by atoms with Crippen molar-refractivity contribution < 1.29 is 90.4 Å². The van der Waals surface area contributed by atoms with Crippen molar-refractivity contribution in [3.63, 3.8) is 0 Å². The molecule has 1 saturated heterocycles. The zero-order valence-electron chi connectivity index (χ0n) is 29.9. The molecule has 2 aromatic heterocycles. The molecule has 0 bridgehead atoms. The highest BCUT2D eigenvalue weighted by molar-refractivity contribution is 8.13. The van der Waals surface area contributed by atoms with E-state index in [1.165, 1.54) is 20.8 Å². The fourth-order valence-electron chi connectivity index (χ4n) is 4.60. The topological polar surface area (TPSA) is 401 Å². The van der Waals surface area contributed by atoms with Gasteiger partial charge < -0.3 is 60.8 Å². The summed E-state index contributed by atoms with van der Waals surface area (Å²) in [5.74, 6) is -1.25. The molecule has 0 aliphatic carbocycles. The first-order chi connectivity index (χ1) is 25.9. The van der Waals surface area contributed by atoms with Gasteiger partial charge in [-0.15, -0.1) is 0 Å². The number of nitrogens with two attached hydrogens (primary N) is 1. The van der Waals surface area contributed by atoms with Crippen LogP contribution in [-0.4, -0.2) is 141 Å². The summed E-state index contributed by atoms with van der Waals surface area (Å²) in [6.07, 6.45) is -7.79. The molecule has 30 heteroatoms. The molecule has 8 atom stereocenters. The number of carbonyl (C=O) groups excluding carboxylic acids is 4. The van der Waals surface area contributed by atoms with Gasteiger partial charge in [0.15, 0.2) is 22.8 Å². The summed E-state index contributed by atoms with van der Waals surface area (Å²) < 4.78 is 61.9. The maximum absolute atomic E-state index is 12.6. The van der Waals surface area contributed by atoms with Gasteiger partial charge in [0, 0.05) is 37.1 Å². The zero-order chi connectivity index (χ0) is 42.6. The number of thioether (sulfide) groups is 1. The van der Waals surface area contributed by atoms with Crippen molar-refractivity contribution >= 4 is 75.9 Å². The van der Waals surface area contributed by atoms with E-state index in [9.17, 15) is 63.0 Å². The van der Waals surface area contributed by atoms with Crippen molar-refractivity contribution in [1.82, 2.24) is 30.2 Å². The summed E-state index contributed by atoms with van der Waals surface area (Å²) in [7, 11) is -16.4. The third-order valence-electron chi connectivity index (χ3n) is 7.23. The number of hydrogen-bond donors (Lipinski definition) is 10. The summed E-state index contributed by atoms with van der Waals surface area (Å²) in [6.45, 7) is 3.83. The lowest BCUT2D eigenvalue weighted by Crippen LogP contribution is -2.46. The van der Waals surface area contributed by atoms with E-state index in [1.54, 1.807) is 0 Å². The van der Waals surface area contributed by atoms with Crippen LogP contribution in [0.3, 0.4) is 0 Å². The molecular weight excluding hydrogens is 839 g/mol. The van der Waals surface area contributed by atoms with Gasteiger partial charge >= 0.3 is 23.5 Å². The number of aliphatic hydroxyl groups excluding tert-OH is 3. The van der Waals surface area contributed by atoms with Gasteiger partial charge in [0.05, 0.1) is 25.6 Å². The van der Waals surface area contributed by atoms with Gasteiger partial charge in [-0.3, -0.25) is 32.5 Å². The summed E-state index contributed by atoms with van der Waals surface area (Å²) in [6, 6.07) is 0. The monoisotopic (exact) mass is 883 g/mol. The predicted molar refractivity (Wildman–Crippen MR) is 191 cm³/mol. The molecule has 0 aromatic carbocycles. The van der Waals surface area contributed by atoms with Crippen molar-refractivity contribution in [2.24, 2.45) is 5.41 Å². The van der Waals surface area contributed by atoms with Crippen LogP contribution in [0.2, 0.25) is 0 Å². The largest absolute Gasteiger partial charge is 0.481 e. The number of ether oxygens (including phenoxy) is 1. The molecule has 2 amide bonds. The van der Waals surface area contributed by atoms with Gasteiger partial charge in [0.1, 0.15) is 43.0 Å². The number of rotatable bonds is 21. The Morgan fingerprint density at radius 3 is 2.32 bits per heavy atom. The van der Waals surface area contributed by atoms with Crippen LogP contribution in [-0.2, 0) is 55.5 Å². The third kappa shape index (κ3) is 15.5. The second-order valence-corrected chi connectivity index (χ2v) is 17.7. The van der Waals surface area contributed by atoms with Crippen LogP contribution in [0, 0.1) is 5.41 Å². The van der Waals surface area contributed by atoms with E-state index in [0.717, 1.165) is 29.0 Å². The van der Waals surface area contributed by atoms with Gasteiger partial charge in [-0.2, -0.15) is 4.31 Å². The summed E-state index contributed by atoms with van der Waals surface area (Å²) in [4.78, 5) is 94.9. The number of amides is 2. The lowest BCUT2D eigenvalue weighted by Gasteiger charge is -2.30. The number of carbonyl (C=O) groups is 4. The molecule has 0 spiro atoms. The van der Waals surface area contributed by atoms with E-state index in [1.807, 2.05) is 6.79 Å². The van der Waals surface area contributed by atoms with E-state index in [0.29, 0.717) is 0 Å². The van der Waals surface area contributed by atoms with Crippen LogP contribution in [0.5, 0.6) is 0 Å². The number of phosphoric ester groups is 3. The van der Waals surface area contributed by atoms with Crippen molar-refractivity contribution in [3.8, 4) is 0 Å². The van der Waals surface area contributed by atoms with Gasteiger partial charge in [-0.25, -0.2) is 28.6 Å². The smallest absolute Gasteiger partial charge is 0.393 e. The fraction of sp³-hybridized carbons (Fsp3) is 0.654. The average molecular weight is 884 g/mol. The molecule has 1 fully saturated rings. The van der Waals surface area contributed by atoms with Crippen molar-refractivity contribution in [1.29, 1.82) is 0 Å². The Bertz CT molecular complexity index is 1800. The molecule has 0 radical (unpaired) electrons. The standard InChI is InChI=1S/C25H42N7O18P3S.CH2O/c1-13(33)8-16(35)54-7-6-27-15(34)4-5-28-23(38)20(37)25(2,3)10-47-53(44,45)50-52(42,43)46-9-14-19(49-51(39,40)41)18(36)24(48-14)32-12-31-17-21(26)29-11-30-22(17)32;1-2/h11-14,18-20,24,33,36-37H,4-10H2,1-3H3,(H,27,34)(H,28,38)(H,42,43)(H,44,45)(H2,26,29,30)(H2,39,40,41);1H2/t13?,14-,18-,19-,20+,24-;/m1./s1. The Labute approximate surface area is 322 Å². The van der Waals surface area contributed by atoms with Gasteiger partial charge in [0.2, 0.25) is 11.8 Å². The highest BCUT2D eigenvalue weighted by Crippen LogP contribution is 2.61. The second kappa shape index (κ2) is 21.3. The molecule has 1 aliphatic heterocycles. The van der Waals surface area contributed by atoms with Crippen LogP contribution < -0.4 is 16.4 Å². The molecule has 318 valence electrons. The minimum atomic E-state index is -5.57. The highest BCUT2D eigenvalue weighted by Gasteiger charge is 2.50. The number of hydrogen-bond acceptors (Lipinski definition) is 20. The Hall–Kier alpha value is -2.81. The predicted octanol–water partition coefficient (Wildman–Crippen LogP) is -1.75. The van der Waals surface area contributed by atoms with Gasteiger partial charge in [-0.1, -0.05) is 25.6 Å². The van der Waals surface area contributed by atoms with E-state index >= 15 is 0 Å². The average Bonchev–Trinajstić information content (AvgIpc) is 3.65. The summed E-state index contributed by atoms with van der Waals surface area (Å²) >= 11 is 0.939. The number of nitrogens with zero attached hydrogens (tertiary/aromatic N) is 4. The number of phosphoric acid groups is 3. The molecule has 3 heterocycles. The van der Waals surface area contributed by atoms with E-state index in [4.69, 9.17) is 24.3 Å². The summed E-state index contributed by atoms with van der Waals surface area (Å²) in [5, 5.41) is 35.2. The number of nitrogens with one attached hydrogen (secondary N) is 2. The first-order valence-electron chi connectivity index (χ1n) is 15.9. The van der Waals surface area contributed by atoms with Crippen molar-refractivity contribution in [2.75, 3.05) is 37.8 Å². The quantitative estimate of drug-likeness (QED) is 0.0491. The Morgan fingerprint density at radius 2 is 1.70 bits per heavy atom. The van der Waals surface area contributed by atoms with Crippen LogP contribution >= 0.6 is 35.2 Å². The molecule has 56 heavy (non-hydrogen) atoms. The number of imidazole rings is 1. The normalized spacial score (nSPS) is 21.9. The van der Waals surface area contributed by atoms with E-state index < -0.39 is 90.7 Å². The SMILES string of the molecule is C=O.CC(O)CC(=O)SCCNC(=O)CCNC(=O)[C@H](O)C(C)(C)COP(=O)(O)OP(=O)(O)OC[C@H]1O[C@@H](n2cnc3c(N)ncnc32)[C@H](O)[C@@H]1OP(=O)(O)O. The first kappa shape index (κ1) is 49.3. The maximum Gasteiger partial charge on any atom is 0.481 e. The second-order valence-electron chi connectivity index (χ2n) is 12.3. The van der Waals surface area contributed by atoms with Crippen molar-refractivity contribution in [2.45, 2.75) is 70.4 Å². The Morgan fingerprint density at radius 1 is 1.05 bits per heavy atom. The fourth-order valence-corrected chi connectivity index (χ4v) is 8.22. The molecule has 3 unspecified atom stereocenters. The minimum Gasteiger partial charge on any atom is -0.393 e. The summed E-state index contributed by atoms with van der Waals surface area (Å²) in [5.41, 5.74) is 4.23. The van der Waals surface area contributed by atoms with Crippen LogP contribution in [0.4, 0.5) is 5.82 Å². The Balaban J connectivity index is 0.00000532. The molecule has 3 rings (SSSR count). The molecule has 26 nitrogen and oxygen atoms in total. The number of aromatic nitrogens is 4. The van der Waals surface area contributed by atoms with Crippen LogP contribution in [0.15, 0.2) is 12.7 Å². The number of fused-ring (bicyclic) bond motifs is 1. The number of anilines is 1. The van der Waals surface area contributed by atoms with E-state index in [2.05, 4.69) is 34.4 Å². The van der Waals surface area contributed by atoms with Crippen LogP contribution in [0.25, 0.3) is 11.2 Å². The lowest BCUT2D eigenvalue weighted by atomic mass is 9.87. The van der Waals surface area contributed by atoms with Crippen molar-refractivity contribution in [3.05, 3.63) is 12.7 Å². The molecule has 2 aromatic rings. The molecule has 1 aliphatic rings. The van der Waals surface area contributed by atoms with Gasteiger partial charge in [-0.05, 0) is 6.92 Å². The zero-order valence-corrected chi connectivity index (χ0v) is 33.4. The molecular formula is C26H44N7O19P3S. The minimum absolute atomic E-state index is 0.0259. The Kier molecular flexibility index (Phi) is 18.7. The van der Waals surface area contributed by atoms with Gasteiger partial charge in [0.25, 0.3) is 0 Å². The lowest BCUT2D eigenvalue weighted by molar-refractivity contribution is -0.137. The third-order valence-corrected chi connectivity index (χ3v) is 11.2. The first-order valence-corrected chi connectivity index (χ1v) is 21.4. The maximum atomic E-state index is 12.6. The number of nitrogen functional groups attached to an aromatic ring is 1. The van der Waals surface area contributed by atoms with E-state index in [-0.39, 0.29) is 53.8 Å². The molecule has 0 saturated carbocycles.